The molecule has 0 spiro atoms. The average Bonchev–Trinajstić information content (AvgIpc) is 2.73. The predicted molar refractivity (Wildman–Crippen MR) is 131 cm³/mol. The minimum Gasteiger partial charge on any atom is -0.491 e. The van der Waals surface area contributed by atoms with Crippen LogP contribution in [0.25, 0.3) is 0 Å². The van der Waals surface area contributed by atoms with Crippen LogP contribution in [0.15, 0.2) is 48.5 Å². The first kappa shape index (κ1) is 24.6. The van der Waals surface area contributed by atoms with Crippen LogP contribution in [0.5, 0.6) is 5.75 Å². The quantitative estimate of drug-likeness (QED) is 0.579. The van der Waals surface area contributed by atoms with Crippen molar-refractivity contribution >= 4 is 15.7 Å². The Morgan fingerprint density at radius 3 is 2.44 bits per heavy atom. The molecule has 176 valence electrons. The zero-order chi connectivity index (χ0) is 23.3. The molecule has 0 saturated carbocycles. The molecule has 1 heterocycles. The molecule has 0 aromatic heterocycles. The van der Waals surface area contributed by atoms with Gasteiger partial charge in [-0.25, -0.2) is 13.4 Å². The fourth-order valence-corrected chi connectivity index (χ4v) is 5.67. The number of hydrazine groups is 1. The molecule has 6 nitrogen and oxygen atoms in total. The Labute approximate surface area is 193 Å². The molecule has 1 aliphatic heterocycles. The summed E-state index contributed by atoms with van der Waals surface area (Å²) in [4.78, 5) is 0. The number of hydrogen-bond acceptors (Lipinski definition) is 5. The van der Waals surface area contributed by atoms with Crippen LogP contribution in [0, 0.1) is 0 Å². The van der Waals surface area contributed by atoms with E-state index in [1.165, 1.54) is 22.5 Å². The predicted octanol–water partition coefficient (Wildman–Crippen LogP) is 4.88. The summed E-state index contributed by atoms with van der Waals surface area (Å²) in [6.45, 7) is 9.30. The molecule has 2 aromatic rings. The van der Waals surface area contributed by atoms with Crippen molar-refractivity contribution in [2.45, 2.75) is 71.7 Å². The molecule has 0 radical (unpaired) electrons. The Balaban J connectivity index is 1.87. The summed E-state index contributed by atoms with van der Waals surface area (Å²) in [5.74, 6) is 0.779. The lowest BCUT2D eigenvalue weighted by atomic mass is 9.97. The van der Waals surface area contributed by atoms with Gasteiger partial charge in [0.15, 0.2) is 0 Å². The van der Waals surface area contributed by atoms with E-state index in [1.807, 2.05) is 52.0 Å². The molecular formula is C25H37N3O3S. The van der Waals surface area contributed by atoms with Gasteiger partial charge in [0.1, 0.15) is 5.75 Å². The van der Waals surface area contributed by atoms with Crippen molar-refractivity contribution in [2.75, 3.05) is 17.1 Å². The molecule has 32 heavy (non-hydrogen) atoms. The number of sulfonamides is 1. The van der Waals surface area contributed by atoms with Gasteiger partial charge < -0.3 is 4.74 Å². The maximum atomic E-state index is 12.4. The van der Waals surface area contributed by atoms with Crippen LogP contribution in [0.2, 0.25) is 0 Å². The van der Waals surface area contributed by atoms with Crippen LogP contribution in [0.4, 0.5) is 5.69 Å². The molecule has 1 aliphatic rings. The van der Waals surface area contributed by atoms with E-state index in [1.54, 1.807) is 0 Å². The molecule has 1 N–H and O–H groups in total. The number of rotatable bonds is 9. The van der Waals surface area contributed by atoms with E-state index >= 15 is 0 Å². The minimum absolute atomic E-state index is 0.0303. The van der Waals surface area contributed by atoms with E-state index in [4.69, 9.17) is 4.74 Å². The normalized spacial score (nSPS) is 17.7. The third kappa shape index (κ3) is 6.24. The van der Waals surface area contributed by atoms with Crippen molar-refractivity contribution in [3.8, 4) is 5.75 Å². The van der Waals surface area contributed by atoms with Gasteiger partial charge in [-0.1, -0.05) is 36.8 Å². The summed E-state index contributed by atoms with van der Waals surface area (Å²) < 4.78 is 32.4. The third-order valence-electron chi connectivity index (χ3n) is 5.65. The molecule has 0 bridgehead atoms. The van der Waals surface area contributed by atoms with Crippen LogP contribution in [0.3, 0.4) is 0 Å². The molecule has 7 heteroatoms. The summed E-state index contributed by atoms with van der Waals surface area (Å²) in [6, 6.07) is 16.4. The summed E-state index contributed by atoms with van der Waals surface area (Å²) in [5.41, 5.74) is 6.54. The SMILES string of the molecule is CC(C)Oc1ccc(N(C(C)C)S(C)(=O)=O)cc1CNN1CCCCC1c1ccccc1. The first-order valence-corrected chi connectivity index (χ1v) is 13.4. The minimum atomic E-state index is -3.39. The number of anilines is 1. The Morgan fingerprint density at radius 1 is 1.09 bits per heavy atom. The van der Waals surface area contributed by atoms with Crippen molar-refractivity contribution < 1.29 is 13.2 Å². The van der Waals surface area contributed by atoms with Gasteiger partial charge in [-0.15, -0.1) is 0 Å². The fraction of sp³-hybridized carbons (Fsp3) is 0.520. The molecule has 1 fully saturated rings. The highest BCUT2D eigenvalue weighted by Crippen LogP contribution is 2.31. The van der Waals surface area contributed by atoms with Gasteiger partial charge in [-0.2, -0.15) is 0 Å². The standard InChI is InChI=1S/C25H37N3O3S/c1-19(2)28(32(5,29)30)23-14-15-25(31-20(3)4)22(17-23)18-26-27-16-10-9-13-24(27)21-11-7-6-8-12-21/h6-8,11-12,14-15,17,19-20,24,26H,9-10,13,16,18H2,1-5H3. The molecule has 2 aromatic carbocycles. The van der Waals surface area contributed by atoms with E-state index in [2.05, 4.69) is 34.7 Å². The van der Waals surface area contributed by atoms with Crippen molar-refractivity contribution in [3.05, 3.63) is 59.7 Å². The van der Waals surface area contributed by atoms with E-state index in [9.17, 15) is 8.42 Å². The van der Waals surface area contributed by atoms with E-state index < -0.39 is 10.0 Å². The first-order valence-electron chi connectivity index (χ1n) is 11.5. The topological polar surface area (TPSA) is 61.9 Å². The third-order valence-corrected chi connectivity index (χ3v) is 6.99. The first-order chi connectivity index (χ1) is 15.2. The van der Waals surface area contributed by atoms with Crippen molar-refractivity contribution in [2.24, 2.45) is 0 Å². The number of nitrogens with zero attached hydrogens (tertiary/aromatic N) is 2. The summed E-state index contributed by atoms with van der Waals surface area (Å²) >= 11 is 0. The molecule has 3 rings (SSSR count). The number of ether oxygens (including phenoxy) is 1. The van der Waals surface area contributed by atoms with Gasteiger partial charge in [0.2, 0.25) is 10.0 Å². The van der Waals surface area contributed by atoms with Crippen molar-refractivity contribution in [1.82, 2.24) is 10.4 Å². The fourth-order valence-electron chi connectivity index (χ4n) is 4.41. The highest BCUT2D eigenvalue weighted by Gasteiger charge is 2.25. The van der Waals surface area contributed by atoms with E-state index in [0.29, 0.717) is 18.3 Å². The molecular weight excluding hydrogens is 422 g/mol. The molecule has 1 atom stereocenters. The summed E-state index contributed by atoms with van der Waals surface area (Å²) in [7, 11) is -3.39. The second-order valence-electron chi connectivity index (χ2n) is 9.06. The molecule has 0 amide bonds. The van der Waals surface area contributed by atoms with Gasteiger partial charge in [0.05, 0.1) is 18.0 Å². The lowest BCUT2D eigenvalue weighted by molar-refractivity contribution is 0.0818. The van der Waals surface area contributed by atoms with Gasteiger partial charge >= 0.3 is 0 Å². The van der Waals surface area contributed by atoms with E-state index in [0.717, 1.165) is 30.7 Å². The van der Waals surface area contributed by atoms with Crippen LogP contribution in [0.1, 0.15) is 64.1 Å². The average molecular weight is 460 g/mol. The number of benzene rings is 2. The second kappa shape index (κ2) is 10.7. The number of piperidine rings is 1. The molecule has 1 saturated heterocycles. The number of hydrogen-bond donors (Lipinski definition) is 1. The molecule has 1 unspecified atom stereocenters. The summed E-state index contributed by atoms with van der Waals surface area (Å²) in [6.07, 6.45) is 4.76. The lowest BCUT2D eigenvalue weighted by Crippen LogP contribution is -2.43. The smallest absolute Gasteiger partial charge is 0.232 e. The van der Waals surface area contributed by atoms with Gasteiger partial charge in [0, 0.05) is 30.7 Å². The highest BCUT2D eigenvalue weighted by atomic mass is 32.2. The zero-order valence-electron chi connectivity index (χ0n) is 19.9. The monoisotopic (exact) mass is 459 g/mol. The highest BCUT2D eigenvalue weighted by molar-refractivity contribution is 7.92. The van der Waals surface area contributed by atoms with Crippen LogP contribution in [-0.4, -0.2) is 38.4 Å². The largest absolute Gasteiger partial charge is 0.491 e. The Kier molecular flexibility index (Phi) is 8.20. The van der Waals surface area contributed by atoms with Crippen molar-refractivity contribution in [1.29, 1.82) is 0 Å². The zero-order valence-corrected chi connectivity index (χ0v) is 20.7. The van der Waals surface area contributed by atoms with E-state index in [-0.39, 0.29) is 12.1 Å². The maximum absolute atomic E-state index is 12.4. The van der Waals surface area contributed by atoms with Crippen molar-refractivity contribution in [3.63, 3.8) is 0 Å². The van der Waals surface area contributed by atoms with Crippen LogP contribution < -0.4 is 14.5 Å². The Bertz CT molecular complexity index is 977. The Hall–Kier alpha value is -2.09. The van der Waals surface area contributed by atoms with Crippen LogP contribution in [-0.2, 0) is 16.6 Å². The van der Waals surface area contributed by atoms with Crippen LogP contribution >= 0.6 is 0 Å². The lowest BCUT2D eigenvalue weighted by Gasteiger charge is -2.36. The Morgan fingerprint density at radius 2 is 1.81 bits per heavy atom. The number of nitrogens with one attached hydrogen (secondary N) is 1. The molecule has 0 aliphatic carbocycles. The second-order valence-corrected chi connectivity index (χ2v) is 10.9. The van der Waals surface area contributed by atoms with Gasteiger partial charge in [-0.3, -0.25) is 9.73 Å². The van der Waals surface area contributed by atoms with Gasteiger partial charge in [0.25, 0.3) is 0 Å². The summed E-state index contributed by atoms with van der Waals surface area (Å²) in [5, 5.41) is 2.32. The van der Waals surface area contributed by atoms with Gasteiger partial charge in [-0.05, 0) is 64.3 Å². The maximum Gasteiger partial charge on any atom is 0.232 e.